The van der Waals surface area contributed by atoms with Crippen LogP contribution in [0.2, 0.25) is 0 Å². The first-order valence-electron chi connectivity index (χ1n) is 9.39. The van der Waals surface area contributed by atoms with Crippen LogP contribution in [-0.4, -0.2) is 56.5 Å². The van der Waals surface area contributed by atoms with E-state index in [1.165, 1.54) is 14.2 Å². The molecule has 8 heteroatoms. The van der Waals surface area contributed by atoms with Gasteiger partial charge in [-0.25, -0.2) is 4.79 Å². The smallest absolute Gasteiger partial charge is 0.339 e. The molecule has 29 heavy (non-hydrogen) atoms. The number of ketones is 1. The average molecular weight is 402 g/mol. The number of ether oxygens (including phenoxy) is 2. The monoisotopic (exact) mass is 402 g/mol. The molecule has 1 amide bonds. The molecule has 0 radical (unpaired) electrons. The van der Waals surface area contributed by atoms with E-state index in [1.807, 2.05) is 13.0 Å². The Kier molecular flexibility index (Phi) is 7.55. The highest BCUT2D eigenvalue weighted by Crippen LogP contribution is 2.22. The van der Waals surface area contributed by atoms with Gasteiger partial charge in [-0.05, 0) is 38.5 Å². The molecule has 1 aromatic carbocycles. The molecule has 0 spiro atoms. The zero-order chi connectivity index (χ0) is 21.6. The number of Topliss-reactive ketones (excluding diaryl/α,β-unsaturated/α-hetero) is 1. The van der Waals surface area contributed by atoms with Gasteiger partial charge in [0.15, 0.2) is 6.54 Å². The molecule has 2 aromatic rings. The molecule has 0 bridgehead atoms. The number of aryl methyl sites for hydroxylation is 1. The van der Waals surface area contributed by atoms with Crippen molar-refractivity contribution in [2.45, 2.75) is 20.8 Å². The van der Waals surface area contributed by atoms with Crippen molar-refractivity contribution in [3.8, 4) is 5.75 Å². The Labute approximate surface area is 170 Å². The fourth-order valence-electron chi connectivity index (χ4n) is 3.23. The van der Waals surface area contributed by atoms with E-state index in [4.69, 9.17) is 9.47 Å². The average Bonchev–Trinajstić information content (AvgIpc) is 3.01. The Morgan fingerprint density at radius 2 is 1.79 bits per heavy atom. The lowest BCUT2D eigenvalue weighted by atomic mass is 10.1. The second kappa shape index (κ2) is 9.88. The molecule has 2 rings (SSSR count). The van der Waals surface area contributed by atoms with Gasteiger partial charge in [0.05, 0.1) is 37.7 Å². The molecule has 1 atom stereocenters. The maximum absolute atomic E-state index is 12.8. The first kappa shape index (κ1) is 22.2. The molecule has 3 N–H and O–H groups in total. The number of nitrogens with one attached hydrogen (secondary N) is 3. The number of para-hydroxylation sites is 2. The van der Waals surface area contributed by atoms with E-state index < -0.39 is 5.97 Å². The number of rotatable bonds is 9. The number of esters is 1. The zero-order valence-corrected chi connectivity index (χ0v) is 17.5. The molecule has 0 aliphatic rings. The van der Waals surface area contributed by atoms with Crippen LogP contribution in [0.3, 0.4) is 0 Å². The van der Waals surface area contributed by atoms with Gasteiger partial charge in [0, 0.05) is 5.69 Å². The van der Waals surface area contributed by atoms with Crippen LogP contribution in [0.25, 0.3) is 0 Å². The lowest BCUT2D eigenvalue weighted by Gasteiger charge is -2.17. The van der Waals surface area contributed by atoms with E-state index in [0.717, 1.165) is 4.90 Å². The Hall–Kier alpha value is -3.13. The van der Waals surface area contributed by atoms with Crippen molar-refractivity contribution in [1.29, 1.82) is 0 Å². The van der Waals surface area contributed by atoms with Gasteiger partial charge in [-0.2, -0.15) is 0 Å². The third-order valence-corrected chi connectivity index (χ3v) is 4.81. The third kappa shape index (κ3) is 5.23. The number of anilines is 1. The predicted molar refractivity (Wildman–Crippen MR) is 109 cm³/mol. The van der Waals surface area contributed by atoms with Crippen LogP contribution in [0.15, 0.2) is 24.3 Å². The van der Waals surface area contributed by atoms with Gasteiger partial charge in [-0.1, -0.05) is 12.1 Å². The second-order valence-corrected chi connectivity index (χ2v) is 6.75. The van der Waals surface area contributed by atoms with Crippen LogP contribution < -0.4 is 15.0 Å². The van der Waals surface area contributed by atoms with Gasteiger partial charge in [-0.15, -0.1) is 0 Å². The van der Waals surface area contributed by atoms with E-state index in [0.29, 0.717) is 40.5 Å². The van der Waals surface area contributed by atoms with E-state index in [9.17, 15) is 14.4 Å². The van der Waals surface area contributed by atoms with Crippen molar-refractivity contribution in [2.75, 3.05) is 39.2 Å². The Balaban J connectivity index is 2.07. The quantitative estimate of drug-likeness (QED) is 0.431. The van der Waals surface area contributed by atoms with Gasteiger partial charge in [0.2, 0.25) is 5.78 Å². The number of carbonyl (C=O) groups is 3. The van der Waals surface area contributed by atoms with E-state index >= 15 is 0 Å². The number of hydrogen-bond donors (Lipinski definition) is 3. The summed E-state index contributed by atoms with van der Waals surface area (Å²) < 4.78 is 10.0. The summed E-state index contributed by atoms with van der Waals surface area (Å²) in [6.45, 7) is 6.18. The fraction of sp³-hybridized carbons (Fsp3) is 0.381. The SMILES string of the molecule is CC[NH+](CC(=O)Nc1ccccc1OC)CC(=O)c1[nH]c(C)c(C(=O)OC)c1C. The van der Waals surface area contributed by atoms with Gasteiger partial charge in [-0.3, -0.25) is 9.59 Å². The summed E-state index contributed by atoms with van der Waals surface area (Å²) in [4.78, 5) is 41.0. The topological polar surface area (TPSA) is 102 Å². The molecule has 0 saturated carbocycles. The molecule has 1 heterocycles. The van der Waals surface area contributed by atoms with Gasteiger partial charge < -0.3 is 24.7 Å². The highest BCUT2D eigenvalue weighted by molar-refractivity contribution is 6.02. The second-order valence-electron chi connectivity index (χ2n) is 6.75. The van der Waals surface area contributed by atoms with Gasteiger partial charge >= 0.3 is 5.97 Å². The molecule has 0 aliphatic carbocycles. The number of carbonyl (C=O) groups excluding carboxylic acids is 3. The van der Waals surface area contributed by atoms with Crippen LogP contribution in [0.4, 0.5) is 5.69 Å². The van der Waals surface area contributed by atoms with E-state index in [2.05, 4.69) is 10.3 Å². The number of amides is 1. The number of methoxy groups -OCH3 is 2. The van der Waals surface area contributed by atoms with Crippen LogP contribution in [0.1, 0.15) is 39.0 Å². The fourth-order valence-corrected chi connectivity index (χ4v) is 3.23. The Bertz CT molecular complexity index is 904. The van der Waals surface area contributed by atoms with Crippen LogP contribution in [-0.2, 0) is 9.53 Å². The molecule has 0 saturated heterocycles. The normalized spacial score (nSPS) is 11.6. The predicted octanol–water partition coefficient (Wildman–Crippen LogP) is 1.15. The molecule has 0 aliphatic heterocycles. The number of aromatic amines is 1. The highest BCUT2D eigenvalue weighted by Gasteiger charge is 2.25. The highest BCUT2D eigenvalue weighted by atomic mass is 16.5. The molecule has 0 fully saturated rings. The van der Waals surface area contributed by atoms with Crippen molar-refractivity contribution in [1.82, 2.24) is 4.98 Å². The minimum absolute atomic E-state index is 0.122. The lowest BCUT2D eigenvalue weighted by Crippen LogP contribution is -3.13. The summed E-state index contributed by atoms with van der Waals surface area (Å²) in [5.41, 5.74) is 2.49. The van der Waals surface area contributed by atoms with Crippen molar-refractivity contribution in [2.24, 2.45) is 0 Å². The number of benzene rings is 1. The minimum atomic E-state index is -0.480. The lowest BCUT2D eigenvalue weighted by molar-refractivity contribution is -0.881. The molecule has 8 nitrogen and oxygen atoms in total. The number of likely N-dealkylation sites (N-methyl/N-ethyl adjacent to an activating group) is 1. The van der Waals surface area contributed by atoms with E-state index in [1.54, 1.807) is 32.0 Å². The van der Waals surface area contributed by atoms with Crippen LogP contribution in [0, 0.1) is 13.8 Å². The number of quaternary nitrogens is 1. The molecule has 1 aromatic heterocycles. The number of hydrogen-bond acceptors (Lipinski definition) is 5. The summed E-state index contributed by atoms with van der Waals surface area (Å²) in [5, 5.41) is 2.82. The number of aromatic nitrogens is 1. The van der Waals surface area contributed by atoms with Crippen molar-refractivity contribution >= 4 is 23.3 Å². The first-order valence-corrected chi connectivity index (χ1v) is 9.39. The van der Waals surface area contributed by atoms with Crippen molar-refractivity contribution in [3.05, 3.63) is 46.8 Å². The molecule has 1 unspecified atom stereocenters. The third-order valence-electron chi connectivity index (χ3n) is 4.81. The van der Waals surface area contributed by atoms with Crippen LogP contribution in [0.5, 0.6) is 5.75 Å². The molecular weight excluding hydrogens is 374 g/mol. The largest absolute Gasteiger partial charge is 0.495 e. The maximum Gasteiger partial charge on any atom is 0.339 e. The summed E-state index contributed by atoms with van der Waals surface area (Å²) >= 11 is 0. The van der Waals surface area contributed by atoms with Crippen molar-refractivity contribution < 1.29 is 28.8 Å². The first-order chi connectivity index (χ1) is 13.8. The Morgan fingerprint density at radius 3 is 2.41 bits per heavy atom. The Morgan fingerprint density at radius 1 is 1.10 bits per heavy atom. The molecular formula is C21H28N3O5+. The van der Waals surface area contributed by atoms with Crippen molar-refractivity contribution in [3.63, 3.8) is 0 Å². The van der Waals surface area contributed by atoms with Gasteiger partial charge in [0.25, 0.3) is 5.91 Å². The zero-order valence-electron chi connectivity index (χ0n) is 17.5. The van der Waals surface area contributed by atoms with E-state index in [-0.39, 0.29) is 24.8 Å². The standard InChI is InChI=1S/C21H27N3O5/c1-6-24(12-18(26)23-15-9-7-8-10-17(15)28-4)11-16(25)20-13(2)19(14(3)22-20)21(27)29-5/h7-10,22H,6,11-12H2,1-5H3,(H,23,26)/p+1. The maximum atomic E-state index is 12.8. The summed E-state index contributed by atoms with van der Waals surface area (Å²) in [6, 6.07) is 7.15. The van der Waals surface area contributed by atoms with Gasteiger partial charge in [0.1, 0.15) is 12.3 Å². The minimum Gasteiger partial charge on any atom is -0.495 e. The summed E-state index contributed by atoms with van der Waals surface area (Å²) in [6.07, 6.45) is 0. The van der Waals surface area contributed by atoms with Crippen LogP contribution >= 0.6 is 0 Å². The number of H-pyrrole nitrogens is 1. The molecule has 156 valence electrons. The summed E-state index contributed by atoms with van der Waals surface area (Å²) in [7, 11) is 2.84. The summed E-state index contributed by atoms with van der Waals surface area (Å²) in [5.74, 6) is -0.287.